The molecule has 2 aromatic heterocycles. The lowest BCUT2D eigenvalue weighted by Crippen LogP contribution is -2.42. The SMILES string of the molecule is Cn1c(=O)c(C(=O)N2CCC[C@@H](c3ccn[nH]3)C2)cc2ccccc21. The number of piperidine rings is 1. The van der Waals surface area contributed by atoms with Crippen LogP contribution in [0.4, 0.5) is 0 Å². The fourth-order valence-corrected chi connectivity index (χ4v) is 3.66. The molecular formula is C19H20N4O2. The maximum Gasteiger partial charge on any atom is 0.263 e. The Bertz CT molecular complexity index is 975. The number of likely N-dealkylation sites (tertiary alicyclic amines) is 1. The maximum atomic E-state index is 13.0. The second-order valence-corrected chi connectivity index (χ2v) is 6.58. The van der Waals surface area contributed by atoms with Gasteiger partial charge in [-0.1, -0.05) is 18.2 Å². The Labute approximate surface area is 145 Å². The van der Waals surface area contributed by atoms with Crippen LogP contribution in [0, 0.1) is 0 Å². The van der Waals surface area contributed by atoms with Gasteiger partial charge in [-0.05, 0) is 36.4 Å². The molecule has 128 valence electrons. The fourth-order valence-electron chi connectivity index (χ4n) is 3.66. The van der Waals surface area contributed by atoms with Crippen LogP contribution in [-0.4, -0.2) is 38.7 Å². The van der Waals surface area contributed by atoms with Gasteiger partial charge < -0.3 is 9.47 Å². The molecule has 1 aliphatic heterocycles. The number of H-pyrrole nitrogens is 1. The summed E-state index contributed by atoms with van der Waals surface area (Å²) in [5, 5.41) is 7.90. The number of aromatic amines is 1. The first-order valence-electron chi connectivity index (χ1n) is 8.52. The number of nitrogens with one attached hydrogen (secondary N) is 1. The predicted molar refractivity (Wildman–Crippen MR) is 95.7 cm³/mol. The van der Waals surface area contributed by atoms with Crippen molar-refractivity contribution in [2.45, 2.75) is 18.8 Å². The van der Waals surface area contributed by atoms with Crippen molar-refractivity contribution in [1.82, 2.24) is 19.7 Å². The van der Waals surface area contributed by atoms with Gasteiger partial charge in [-0.15, -0.1) is 0 Å². The molecule has 0 saturated carbocycles. The first-order chi connectivity index (χ1) is 12.1. The number of carbonyl (C=O) groups is 1. The molecule has 0 unspecified atom stereocenters. The van der Waals surface area contributed by atoms with Crippen LogP contribution < -0.4 is 5.56 Å². The third-order valence-corrected chi connectivity index (χ3v) is 5.03. The zero-order valence-electron chi connectivity index (χ0n) is 14.1. The van der Waals surface area contributed by atoms with Gasteiger partial charge in [-0.3, -0.25) is 14.7 Å². The normalized spacial score (nSPS) is 17.8. The Morgan fingerprint density at radius 3 is 2.92 bits per heavy atom. The van der Waals surface area contributed by atoms with Crippen LogP contribution in [0.25, 0.3) is 10.9 Å². The minimum absolute atomic E-state index is 0.185. The minimum Gasteiger partial charge on any atom is -0.338 e. The highest BCUT2D eigenvalue weighted by Gasteiger charge is 2.28. The molecule has 6 heteroatoms. The molecular weight excluding hydrogens is 316 g/mol. The number of aromatic nitrogens is 3. The number of hydrogen-bond donors (Lipinski definition) is 1. The molecule has 4 rings (SSSR count). The summed E-state index contributed by atoms with van der Waals surface area (Å²) in [6.07, 6.45) is 3.67. The second-order valence-electron chi connectivity index (χ2n) is 6.58. The smallest absolute Gasteiger partial charge is 0.263 e. The summed E-state index contributed by atoms with van der Waals surface area (Å²) in [5.74, 6) is 0.0556. The van der Waals surface area contributed by atoms with Crippen LogP contribution in [0.15, 0.2) is 47.4 Å². The Morgan fingerprint density at radius 2 is 2.12 bits per heavy atom. The molecule has 1 N–H and O–H groups in total. The molecule has 1 saturated heterocycles. The number of aryl methyl sites for hydroxylation is 1. The molecule has 25 heavy (non-hydrogen) atoms. The van der Waals surface area contributed by atoms with Crippen molar-refractivity contribution in [3.63, 3.8) is 0 Å². The van der Waals surface area contributed by atoms with Gasteiger partial charge in [-0.25, -0.2) is 0 Å². The van der Waals surface area contributed by atoms with Gasteiger partial charge in [-0.2, -0.15) is 5.10 Å². The molecule has 3 aromatic rings. The minimum atomic E-state index is -0.243. The first kappa shape index (κ1) is 15.6. The molecule has 1 fully saturated rings. The summed E-state index contributed by atoms with van der Waals surface area (Å²) >= 11 is 0. The number of carbonyl (C=O) groups excluding carboxylic acids is 1. The third-order valence-electron chi connectivity index (χ3n) is 5.03. The topological polar surface area (TPSA) is 71.0 Å². The average Bonchev–Trinajstić information content (AvgIpc) is 3.19. The number of pyridine rings is 1. The van der Waals surface area contributed by atoms with Crippen molar-refractivity contribution in [2.24, 2.45) is 7.05 Å². The maximum absolute atomic E-state index is 13.0. The van der Waals surface area contributed by atoms with Crippen molar-refractivity contribution in [3.05, 3.63) is 64.2 Å². The fraction of sp³-hybridized carbons (Fsp3) is 0.316. The van der Waals surface area contributed by atoms with Crippen LogP contribution in [0.2, 0.25) is 0 Å². The zero-order valence-corrected chi connectivity index (χ0v) is 14.1. The molecule has 1 amide bonds. The van der Waals surface area contributed by atoms with Crippen molar-refractivity contribution in [2.75, 3.05) is 13.1 Å². The van der Waals surface area contributed by atoms with E-state index in [1.54, 1.807) is 28.8 Å². The zero-order chi connectivity index (χ0) is 17.4. The summed E-state index contributed by atoms with van der Waals surface area (Å²) in [5.41, 5.74) is 1.88. The van der Waals surface area contributed by atoms with Gasteiger partial charge in [0.25, 0.3) is 11.5 Å². The van der Waals surface area contributed by atoms with Gasteiger partial charge in [0.2, 0.25) is 0 Å². The van der Waals surface area contributed by atoms with E-state index in [4.69, 9.17) is 0 Å². The Kier molecular flexibility index (Phi) is 3.87. The van der Waals surface area contributed by atoms with Gasteiger partial charge in [0.05, 0.1) is 5.52 Å². The molecule has 6 nitrogen and oxygen atoms in total. The predicted octanol–water partition coefficient (Wildman–Crippen LogP) is 2.28. The second kappa shape index (κ2) is 6.20. The average molecular weight is 336 g/mol. The molecule has 1 atom stereocenters. The monoisotopic (exact) mass is 336 g/mol. The molecule has 0 aliphatic carbocycles. The van der Waals surface area contributed by atoms with E-state index < -0.39 is 0 Å². The van der Waals surface area contributed by atoms with Gasteiger partial charge >= 0.3 is 0 Å². The molecule has 0 bridgehead atoms. The molecule has 1 aromatic carbocycles. The number of para-hydroxylation sites is 1. The number of benzene rings is 1. The summed E-state index contributed by atoms with van der Waals surface area (Å²) < 4.78 is 1.55. The van der Waals surface area contributed by atoms with Crippen LogP contribution >= 0.6 is 0 Å². The van der Waals surface area contributed by atoms with E-state index >= 15 is 0 Å². The molecule has 1 aliphatic rings. The van der Waals surface area contributed by atoms with Crippen molar-refractivity contribution in [1.29, 1.82) is 0 Å². The van der Waals surface area contributed by atoms with Crippen molar-refractivity contribution in [3.8, 4) is 0 Å². The van der Waals surface area contributed by atoms with E-state index in [0.717, 1.165) is 29.4 Å². The Morgan fingerprint density at radius 1 is 1.28 bits per heavy atom. The van der Waals surface area contributed by atoms with Crippen LogP contribution in [0.5, 0.6) is 0 Å². The quantitative estimate of drug-likeness (QED) is 0.780. The summed E-state index contributed by atoms with van der Waals surface area (Å²) in [7, 11) is 1.71. The highest BCUT2D eigenvalue weighted by atomic mass is 16.2. The first-order valence-corrected chi connectivity index (χ1v) is 8.52. The van der Waals surface area contributed by atoms with Gasteiger partial charge in [0.15, 0.2) is 0 Å². The van der Waals surface area contributed by atoms with E-state index in [1.807, 2.05) is 30.3 Å². The van der Waals surface area contributed by atoms with E-state index in [1.165, 1.54) is 0 Å². The highest BCUT2D eigenvalue weighted by molar-refractivity contribution is 5.97. The van der Waals surface area contributed by atoms with Crippen molar-refractivity contribution >= 4 is 16.8 Å². The summed E-state index contributed by atoms with van der Waals surface area (Å²) in [4.78, 5) is 27.5. The van der Waals surface area contributed by atoms with Gasteiger partial charge in [0.1, 0.15) is 5.56 Å². The summed E-state index contributed by atoms with van der Waals surface area (Å²) in [6, 6.07) is 11.3. The Balaban J connectivity index is 1.68. The molecule has 3 heterocycles. The molecule has 0 radical (unpaired) electrons. The number of hydrogen-bond acceptors (Lipinski definition) is 3. The lowest BCUT2D eigenvalue weighted by atomic mass is 9.94. The number of fused-ring (bicyclic) bond motifs is 1. The summed E-state index contributed by atoms with van der Waals surface area (Å²) in [6.45, 7) is 1.29. The van der Waals surface area contributed by atoms with E-state index in [0.29, 0.717) is 13.1 Å². The highest BCUT2D eigenvalue weighted by Crippen LogP contribution is 2.26. The number of rotatable bonds is 2. The number of amides is 1. The lowest BCUT2D eigenvalue weighted by molar-refractivity contribution is 0.0703. The van der Waals surface area contributed by atoms with Crippen LogP contribution in [0.3, 0.4) is 0 Å². The molecule has 0 spiro atoms. The lowest BCUT2D eigenvalue weighted by Gasteiger charge is -2.32. The third kappa shape index (κ3) is 2.73. The standard InChI is InChI=1S/C19H20N4O2/c1-22-17-7-3-2-5-13(17)11-15(18(22)24)19(25)23-10-4-6-14(12-23)16-8-9-20-21-16/h2-3,5,7-9,11,14H,4,6,10,12H2,1H3,(H,20,21)/t14-/m1/s1. The largest absolute Gasteiger partial charge is 0.338 e. The van der Waals surface area contributed by atoms with E-state index in [9.17, 15) is 9.59 Å². The van der Waals surface area contributed by atoms with Crippen molar-refractivity contribution < 1.29 is 4.79 Å². The van der Waals surface area contributed by atoms with E-state index in [-0.39, 0.29) is 22.9 Å². The van der Waals surface area contributed by atoms with Gasteiger partial charge in [0, 0.05) is 37.9 Å². The Hall–Kier alpha value is -2.89. The number of nitrogens with zero attached hydrogens (tertiary/aromatic N) is 3. The van der Waals surface area contributed by atoms with Crippen LogP contribution in [-0.2, 0) is 7.05 Å². The van der Waals surface area contributed by atoms with E-state index in [2.05, 4.69) is 10.2 Å². The van der Waals surface area contributed by atoms with Crippen LogP contribution in [0.1, 0.15) is 34.8 Å².